The molecule has 5 aromatic rings. The lowest BCUT2D eigenvalue weighted by atomic mass is 9.67. The highest BCUT2D eigenvalue weighted by molar-refractivity contribution is 6.28. The van der Waals surface area contributed by atoms with Crippen LogP contribution in [-0.4, -0.2) is 27.1 Å². The Labute approximate surface area is 312 Å². The lowest BCUT2D eigenvalue weighted by Crippen LogP contribution is -2.48. The first-order valence-electron chi connectivity index (χ1n) is 18.7. The van der Waals surface area contributed by atoms with Gasteiger partial charge in [0.05, 0.1) is 7.32 Å². The number of nitrogens with zero attached hydrogens (tertiary/aromatic N) is 2. The van der Waals surface area contributed by atoms with E-state index < -0.39 is 7.32 Å². The predicted octanol–water partition coefficient (Wildman–Crippen LogP) is 6.40. The highest BCUT2D eigenvalue weighted by Gasteiger charge is 2.35. The van der Waals surface area contributed by atoms with Crippen LogP contribution in [0.25, 0.3) is 0 Å². The maximum atomic E-state index is 10.7. The zero-order valence-electron chi connectivity index (χ0n) is 31.9. The van der Waals surface area contributed by atoms with Gasteiger partial charge in [-0.05, 0) is 68.4 Å². The van der Waals surface area contributed by atoms with Gasteiger partial charge in [-0.15, -0.1) is 0 Å². The Morgan fingerprint density at radius 3 is 1.25 bits per heavy atom. The summed E-state index contributed by atoms with van der Waals surface area (Å²) in [5, 5.41) is 21.4. The summed E-state index contributed by atoms with van der Waals surface area (Å²) in [6, 6.07) is 43.3. The molecule has 0 aliphatic heterocycles. The molecule has 3 aromatic carbocycles. The average Bonchev–Trinajstić information content (AvgIpc) is 3.19. The molecule has 8 heteroatoms. The van der Waals surface area contributed by atoms with E-state index in [1.807, 2.05) is 102 Å². The van der Waals surface area contributed by atoms with Crippen molar-refractivity contribution in [1.29, 1.82) is 0 Å². The zero-order valence-corrected chi connectivity index (χ0v) is 31.9. The van der Waals surface area contributed by atoms with Crippen molar-refractivity contribution < 1.29 is 33.8 Å². The van der Waals surface area contributed by atoms with Gasteiger partial charge in [-0.3, -0.25) is 9.68 Å². The van der Waals surface area contributed by atoms with Crippen LogP contribution in [0.5, 0.6) is 0 Å². The highest BCUT2D eigenvalue weighted by atomic mass is 16.7. The largest absolute Gasteiger partial charge is 0.871 e. The summed E-state index contributed by atoms with van der Waals surface area (Å²) in [7, 11) is -2.23. The van der Waals surface area contributed by atoms with Gasteiger partial charge in [0, 0.05) is 57.6 Å². The van der Waals surface area contributed by atoms with Crippen molar-refractivity contribution in [3.05, 3.63) is 168 Å². The summed E-state index contributed by atoms with van der Waals surface area (Å²) in [4.78, 5) is 11.0. The molecule has 2 atom stereocenters. The summed E-state index contributed by atoms with van der Waals surface area (Å²) >= 11 is 0. The molecular weight excluding hydrogens is 647 g/mol. The van der Waals surface area contributed by atoms with Gasteiger partial charge in [-0.1, -0.05) is 119 Å². The minimum atomic E-state index is -2.23. The maximum Gasteiger partial charge on any atom is 0.237 e. The second kappa shape index (κ2) is 23.1. The van der Waals surface area contributed by atoms with E-state index in [-0.39, 0.29) is 12.0 Å². The topological polar surface area (TPSA) is 81.6 Å². The molecular formula is C44H57BN2O5. The third kappa shape index (κ3) is 12.3. The molecule has 2 aromatic heterocycles. The first-order chi connectivity index (χ1) is 25.3. The first kappa shape index (κ1) is 41.9. The van der Waals surface area contributed by atoms with Crippen LogP contribution in [0, 0.1) is 0 Å². The minimum Gasteiger partial charge on any atom is -0.871 e. The van der Waals surface area contributed by atoms with Crippen LogP contribution in [0.15, 0.2) is 140 Å². The van der Waals surface area contributed by atoms with Crippen molar-refractivity contribution in [2.75, 3.05) is 19.8 Å². The van der Waals surface area contributed by atoms with Crippen LogP contribution in [0.2, 0.25) is 0 Å². The Bertz CT molecular complexity index is 1510. The fourth-order valence-electron chi connectivity index (χ4n) is 6.20. The quantitative estimate of drug-likeness (QED) is 0.0515. The van der Waals surface area contributed by atoms with E-state index in [9.17, 15) is 10.0 Å². The van der Waals surface area contributed by atoms with Crippen molar-refractivity contribution in [3.63, 3.8) is 0 Å². The second-order valence-corrected chi connectivity index (χ2v) is 12.6. The average molecular weight is 705 g/mol. The summed E-state index contributed by atoms with van der Waals surface area (Å²) in [5.74, 6) is 1.10. The number of hydrogen-bond acceptors (Lipinski definition) is 5. The molecule has 0 saturated heterocycles. The first-order valence-corrected chi connectivity index (χ1v) is 18.7. The van der Waals surface area contributed by atoms with E-state index in [1.54, 1.807) is 0 Å². The Morgan fingerprint density at radius 1 is 0.558 bits per heavy atom. The fourth-order valence-corrected chi connectivity index (χ4v) is 6.20. The minimum absolute atomic E-state index is 0.159. The van der Waals surface area contributed by atoms with Crippen LogP contribution in [-0.2, 0) is 10.1 Å². The zero-order chi connectivity index (χ0) is 37.6. The van der Waals surface area contributed by atoms with Crippen molar-refractivity contribution in [1.82, 2.24) is 0 Å². The van der Waals surface area contributed by atoms with Crippen molar-refractivity contribution >= 4 is 7.32 Å². The molecule has 0 fully saturated rings. The molecule has 7 nitrogen and oxygen atoms in total. The Kier molecular flexibility index (Phi) is 18.7. The molecule has 52 heavy (non-hydrogen) atoms. The van der Waals surface area contributed by atoms with Crippen LogP contribution < -0.4 is 29.2 Å². The molecule has 2 heterocycles. The number of pyridine rings is 2. The summed E-state index contributed by atoms with van der Waals surface area (Å²) < 4.78 is 8.47. The number of aromatic nitrogens is 2. The summed E-state index contributed by atoms with van der Waals surface area (Å²) in [6.45, 7) is 14.4. The van der Waals surface area contributed by atoms with Crippen molar-refractivity contribution in [2.24, 2.45) is 0 Å². The molecule has 0 N–H and O–H groups in total. The SMILES string of the molecule is CCO[n+]1ccccc1C(C)CC.CCO[n+]1ccccc1C(C)CC.[O-]B([O-])OCCCC(c1ccccc1)(c1ccccc1)c1ccccc1. The molecule has 2 unspecified atom stereocenters. The van der Waals surface area contributed by atoms with Crippen LogP contribution in [0.4, 0.5) is 0 Å². The molecule has 0 aliphatic carbocycles. The van der Waals surface area contributed by atoms with Gasteiger partial charge in [-0.2, -0.15) is 0 Å². The molecule has 0 spiro atoms. The monoisotopic (exact) mass is 704 g/mol. The number of hydrogen-bond donors (Lipinski definition) is 0. The van der Waals surface area contributed by atoms with Crippen LogP contribution in [0.3, 0.4) is 0 Å². The van der Waals surface area contributed by atoms with Gasteiger partial charge in [0.2, 0.25) is 23.8 Å². The number of benzene rings is 3. The van der Waals surface area contributed by atoms with Gasteiger partial charge >= 0.3 is 0 Å². The van der Waals surface area contributed by atoms with Gasteiger partial charge in [0.15, 0.2) is 13.2 Å². The summed E-state index contributed by atoms with van der Waals surface area (Å²) in [5.41, 5.74) is 5.65. The van der Waals surface area contributed by atoms with Crippen LogP contribution in [0.1, 0.15) is 107 Å². The standard InChI is InChI=1S/C22H21BO3.2C11H18NO/c24-23(25)26-18-10-17-22(19-11-4-1-5-12-19,20-13-6-2-7-14-20)21-15-8-3-9-16-21;2*1-4-10(3)11-8-6-7-9-12(11)13-5-2/h1-9,11-16H,10,17-18H2;2*6-10H,4-5H2,1-3H3/q-2;2*+1. The van der Waals surface area contributed by atoms with Crippen molar-refractivity contribution in [2.45, 2.75) is 84.5 Å². The molecule has 0 amide bonds. The Balaban J connectivity index is 0.000000235. The van der Waals surface area contributed by atoms with E-state index in [2.05, 4.69) is 88.4 Å². The number of rotatable bonds is 16. The lowest BCUT2D eigenvalue weighted by molar-refractivity contribution is -0.896. The highest BCUT2D eigenvalue weighted by Crippen LogP contribution is 2.43. The van der Waals surface area contributed by atoms with E-state index in [1.165, 1.54) is 28.1 Å². The molecule has 0 saturated carbocycles. The van der Waals surface area contributed by atoms with Gasteiger partial charge in [-0.25, -0.2) is 0 Å². The van der Waals surface area contributed by atoms with Gasteiger partial charge in [0.25, 0.3) is 0 Å². The molecule has 5 rings (SSSR count). The second-order valence-electron chi connectivity index (χ2n) is 12.6. The van der Waals surface area contributed by atoms with Crippen molar-refractivity contribution in [3.8, 4) is 0 Å². The Hall–Kier alpha value is -4.50. The third-order valence-corrected chi connectivity index (χ3v) is 9.23. The molecule has 0 bridgehead atoms. The summed E-state index contributed by atoms with van der Waals surface area (Å²) in [6.07, 6.45) is 7.54. The maximum absolute atomic E-state index is 10.7. The smallest absolute Gasteiger partial charge is 0.237 e. The Morgan fingerprint density at radius 2 is 0.923 bits per heavy atom. The van der Waals surface area contributed by atoms with Gasteiger partial charge in [0.1, 0.15) is 0 Å². The van der Waals surface area contributed by atoms with Crippen LogP contribution >= 0.6 is 0 Å². The van der Waals surface area contributed by atoms with Gasteiger partial charge < -0.3 is 14.7 Å². The van der Waals surface area contributed by atoms with E-state index in [0.29, 0.717) is 31.5 Å². The molecule has 0 radical (unpaired) electrons. The lowest BCUT2D eigenvalue weighted by Gasteiger charge is -2.37. The normalized spacial score (nSPS) is 11.9. The third-order valence-electron chi connectivity index (χ3n) is 9.23. The fraction of sp³-hybridized carbons (Fsp3) is 0.364. The van der Waals surface area contributed by atoms with E-state index in [0.717, 1.165) is 19.3 Å². The molecule has 0 aliphatic rings. The predicted molar refractivity (Wildman–Crippen MR) is 205 cm³/mol. The van der Waals surface area contributed by atoms with E-state index in [4.69, 9.17) is 14.3 Å². The van der Waals surface area contributed by atoms with E-state index >= 15 is 0 Å². The molecule has 276 valence electrons.